The molecule has 0 heterocycles. The Morgan fingerprint density at radius 3 is 2.48 bits per heavy atom. The highest BCUT2D eigenvalue weighted by Crippen LogP contribution is 2.67. The van der Waals surface area contributed by atoms with Gasteiger partial charge in [-0.15, -0.1) is 6.58 Å². The van der Waals surface area contributed by atoms with Gasteiger partial charge in [-0.25, -0.2) is 0 Å². The molecule has 1 saturated carbocycles. The number of allylic oxidation sites excluding steroid dienone is 5. The van der Waals surface area contributed by atoms with Crippen molar-refractivity contribution < 1.29 is 5.11 Å². The van der Waals surface area contributed by atoms with Gasteiger partial charge < -0.3 is 5.11 Å². The minimum Gasteiger partial charge on any atom is -0.392 e. The highest BCUT2D eigenvalue weighted by molar-refractivity contribution is 5.50. The Hall–Kier alpha value is -0.820. The van der Waals surface area contributed by atoms with Gasteiger partial charge in [0.2, 0.25) is 0 Å². The molecule has 0 aromatic carbocycles. The van der Waals surface area contributed by atoms with E-state index < -0.39 is 0 Å². The van der Waals surface area contributed by atoms with Crippen LogP contribution < -0.4 is 0 Å². The Bertz CT molecular complexity index is 812. The molecule has 0 amide bonds. The van der Waals surface area contributed by atoms with Crippen molar-refractivity contribution in [1.82, 2.24) is 0 Å². The monoisotopic (exact) mass is 452 g/mol. The second-order valence-corrected chi connectivity index (χ2v) is 13.9. The first-order valence-electron chi connectivity index (χ1n) is 14.2. The summed E-state index contributed by atoms with van der Waals surface area (Å²) in [6, 6.07) is 0. The largest absolute Gasteiger partial charge is 0.392 e. The summed E-state index contributed by atoms with van der Waals surface area (Å²) in [6.45, 7) is 21.2. The van der Waals surface area contributed by atoms with Crippen LogP contribution in [-0.2, 0) is 0 Å². The molecule has 1 heteroatoms. The van der Waals surface area contributed by atoms with Crippen molar-refractivity contribution in [2.45, 2.75) is 119 Å². The predicted octanol–water partition coefficient (Wildman–Crippen LogP) is 8.89. The molecule has 33 heavy (non-hydrogen) atoms. The molecular formula is C32H52O. The summed E-state index contributed by atoms with van der Waals surface area (Å²) in [4.78, 5) is 0. The van der Waals surface area contributed by atoms with E-state index in [1.165, 1.54) is 51.4 Å². The van der Waals surface area contributed by atoms with Crippen molar-refractivity contribution in [3.8, 4) is 0 Å². The van der Waals surface area contributed by atoms with E-state index >= 15 is 0 Å². The van der Waals surface area contributed by atoms with Crippen molar-refractivity contribution in [1.29, 1.82) is 0 Å². The van der Waals surface area contributed by atoms with Gasteiger partial charge >= 0.3 is 0 Å². The fraction of sp³-hybridized carbons (Fsp3) is 0.812. The van der Waals surface area contributed by atoms with Gasteiger partial charge in [0.25, 0.3) is 0 Å². The first-order chi connectivity index (χ1) is 15.5. The van der Waals surface area contributed by atoms with Crippen LogP contribution in [0.4, 0.5) is 0 Å². The van der Waals surface area contributed by atoms with E-state index in [1.807, 2.05) is 6.08 Å². The molecule has 0 spiro atoms. The molecule has 186 valence electrons. The normalized spacial score (nSPS) is 40.7. The average molecular weight is 453 g/mol. The number of aliphatic hydroxyl groups excluding tert-OH is 1. The highest BCUT2D eigenvalue weighted by atomic mass is 16.3. The molecular weight excluding hydrogens is 400 g/mol. The second kappa shape index (κ2) is 9.00. The molecule has 0 saturated heterocycles. The summed E-state index contributed by atoms with van der Waals surface area (Å²) in [5.41, 5.74) is 5.86. The molecule has 0 bridgehead atoms. The topological polar surface area (TPSA) is 20.2 Å². The van der Waals surface area contributed by atoms with Gasteiger partial charge in [-0.1, -0.05) is 85.5 Å². The van der Waals surface area contributed by atoms with E-state index in [9.17, 15) is 5.11 Å². The smallest absolute Gasteiger partial charge is 0.0625 e. The van der Waals surface area contributed by atoms with Crippen molar-refractivity contribution in [3.63, 3.8) is 0 Å². The van der Waals surface area contributed by atoms with Crippen LogP contribution in [0, 0.1) is 45.8 Å². The lowest BCUT2D eigenvalue weighted by Crippen LogP contribution is -2.56. The standard InChI is InChI=1S/C32H52O/c1-9-11-23-20-32(8)27-18-19-31(7)25(22(4)13-10-12-21(2)3)15-16-26(31)24(27)14-17-28(32)30(5,6)29(23)33/h9,16,21-23,25,28-29,33H,1,10-15,17-20H2,2-8H3/t22-,23-,25-,28+,29+,31-,32-/m1/s1. The third-order valence-electron chi connectivity index (χ3n) is 11.1. The van der Waals surface area contributed by atoms with Crippen LogP contribution in [0.3, 0.4) is 0 Å². The summed E-state index contributed by atoms with van der Waals surface area (Å²) in [5.74, 6) is 3.38. The van der Waals surface area contributed by atoms with E-state index in [4.69, 9.17) is 0 Å². The number of hydrogen-bond donors (Lipinski definition) is 1. The van der Waals surface area contributed by atoms with Crippen LogP contribution in [0.15, 0.2) is 35.5 Å². The molecule has 4 rings (SSSR count). The summed E-state index contributed by atoms with van der Waals surface area (Å²) < 4.78 is 0. The van der Waals surface area contributed by atoms with Crippen molar-refractivity contribution >= 4 is 0 Å². The van der Waals surface area contributed by atoms with Crippen LogP contribution >= 0.6 is 0 Å². The molecule has 1 N–H and O–H groups in total. The Balaban J connectivity index is 1.62. The maximum Gasteiger partial charge on any atom is 0.0625 e. The van der Waals surface area contributed by atoms with Gasteiger partial charge in [0.05, 0.1) is 6.10 Å². The van der Waals surface area contributed by atoms with Crippen LogP contribution in [0.25, 0.3) is 0 Å². The first-order valence-corrected chi connectivity index (χ1v) is 14.2. The molecule has 0 aromatic heterocycles. The predicted molar refractivity (Wildman–Crippen MR) is 142 cm³/mol. The highest BCUT2D eigenvalue weighted by Gasteiger charge is 2.59. The zero-order valence-corrected chi connectivity index (χ0v) is 22.8. The number of rotatable bonds is 7. The summed E-state index contributed by atoms with van der Waals surface area (Å²) in [5, 5.41) is 11.3. The Labute approximate surface area is 205 Å². The lowest BCUT2D eigenvalue weighted by molar-refractivity contribution is -0.125. The quantitative estimate of drug-likeness (QED) is 0.382. The molecule has 4 aliphatic rings. The van der Waals surface area contributed by atoms with Gasteiger partial charge in [-0.05, 0) is 102 Å². The Kier molecular flexibility index (Phi) is 6.89. The maximum atomic E-state index is 11.3. The van der Waals surface area contributed by atoms with Crippen molar-refractivity contribution in [3.05, 3.63) is 35.5 Å². The van der Waals surface area contributed by atoms with Gasteiger partial charge in [-0.2, -0.15) is 0 Å². The Morgan fingerprint density at radius 2 is 1.82 bits per heavy atom. The molecule has 4 aliphatic carbocycles. The average Bonchev–Trinajstić information content (AvgIpc) is 3.09. The van der Waals surface area contributed by atoms with Crippen LogP contribution in [0.2, 0.25) is 0 Å². The van der Waals surface area contributed by atoms with Crippen molar-refractivity contribution in [2.75, 3.05) is 0 Å². The van der Waals surface area contributed by atoms with Gasteiger partial charge in [-0.3, -0.25) is 0 Å². The van der Waals surface area contributed by atoms with E-state index in [2.05, 4.69) is 61.1 Å². The molecule has 1 nitrogen and oxygen atoms in total. The van der Waals surface area contributed by atoms with Gasteiger partial charge in [0.1, 0.15) is 0 Å². The Morgan fingerprint density at radius 1 is 1.09 bits per heavy atom. The molecule has 1 fully saturated rings. The number of hydrogen-bond acceptors (Lipinski definition) is 1. The summed E-state index contributed by atoms with van der Waals surface area (Å²) >= 11 is 0. The zero-order chi connectivity index (χ0) is 24.2. The van der Waals surface area contributed by atoms with Crippen molar-refractivity contribution in [2.24, 2.45) is 45.8 Å². The minimum atomic E-state index is -0.216. The summed E-state index contributed by atoms with van der Waals surface area (Å²) in [6.07, 6.45) is 17.1. The molecule has 0 aromatic rings. The minimum absolute atomic E-state index is 0.0303. The lowest BCUT2D eigenvalue weighted by atomic mass is 9.44. The van der Waals surface area contributed by atoms with Gasteiger partial charge in [0.15, 0.2) is 0 Å². The maximum absolute atomic E-state index is 11.3. The third kappa shape index (κ3) is 4.03. The second-order valence-electron chi connectivity index (χ2n) is 13.9. The molecule has 0 aliphatic heterocycles. The van der Waals surface area contributed by atoms with Crippen LogP contribution in [0.1, 0.15) is 113 Å². The molecule has 0 unspecified atom stereocenters. The van der Waals surface area contributed by atoms with E-state index in [-0.39, 0.29) is 16.9 Å². The molecule has 0 radical (unpaired) electrons. The van der Waals surface area contributed by atoms with E-state index in [1.54, 1.807) is 16.7 Å². The number of fused-ring (bicyclic) bond motifs is 4. The van der Waals surface area contributed by atoms with Crippen LogP contribution in [-0.4, -0.2) is 11.2 Å². The van der Waals surface area contributed by atoms with Gasteiger partial charge in [0, 0.05) is 0 Å². The lowest BCUT2D eigenvalue weighted by Gasteiger charge is -2.61. The summed E-state index contributed by atoms with van der Waals surface area (Å²) in [7, 11) is 0. The third-order valence-corrected chi connectivity index (χ3v) is 11.1. The number of aliphatic hydroxyl groups is 1. The fourth-order valence-electron chi connectivity index (χ4n) is 9.42. The molecule has 7 atom stereocenters. The van der Waals surface area contributed by atoms with E-state index in [0.29, 0.717) is 17.3 Å². The fourth-order valence-corrected chi connectivity index (χ4v) is 9.42. The zero-order valence-electron chi connectivity index (χ0n) is 22.8. The van der Waals surface area contributed by atoms with E-state index in [0.717, 1.165) is 30.6 Å². The van der Waals surface area contributed by atoms with Crippen LogP contribution in [0.5, 0.6) is 0 Å². The SMILES string of the molecule is C=CC[C@@H]1C[C@]2(C)C3=C(CC[C@H]2C(C)(C)[C@H]1O)C1=CC[C@H]([C@H](C)CCCC(C)C)[C@@]1(C)CC3. The first kappa shape index (κ1) is 25.3.